The summed E-state index contributed by atoms with van der Waals surface area (Å²) in [6.07, 6.45) is 2.28. The second kappa shape index (κ2) is 3.99. The van der Waals surface area contributed by atoms with E-state index < -0.39 is 0 Å². The second-order valence-corrected chi connectivity index (χ2v) is 5.01. The fourth-order valence-electron chi connectivity index (χ4n) is 2.51. The molecule has 3 rings (SSSR count). The number of aromatic nitrogens is 3. The summed E-state index contributed by atoms with van der Waals surface area (Å²) in [6.45, 7) is 5.47. The quantitative estimate of drug-likeness (QED) is 0.750. The molecule has 0 spiro atoms. The lowest BCUT2D eigenvalue weighted by molar-refractivity contribution is 0.396. The topological polar surface area (TPSA) is 30.7 Å². The highest BCUT2D eigenvalue weighted by Gasteiger charge is 2.21. The zero-order valence-corrected chi connectivity index (χ0v) is 10.3. The van der Waals surface area contributed by atoms with E-state index in [1.54, 1.807) is 0 Å². The van der Waals surface area contributed by atoms with Crippen LogP contribution in [0.4, 0.5) is 0 Å². The molecule has 0 fully saturated rings. The third-order valence-corrected chi connectivity index (χ3v) is 3.57. The van der Waals surface area contributed by atoms with Crippen molar-refractivity contribution >= 4 is 0 Å². The summed E-state index contributed by atoms with van der Waals surface area (Å²) in [5.74, 6) is 2.90. The molecule has 0 bridgehead atoms. The van der Waals surface area contributed by atoms with Crippen molar-refractivity contribution in [3.8, 4) is 11.4 Å². The van der Waals surface area contributed by atoms with Gasteiger partial charge in [-0.3, -0.25) is 0 Å². The van der Waals surface area contributed by atoms with E-state index in [-0.39, 0.29) is 0 Å². The maximum Gasteiger partial charge on any atom is 0.164 e. The van der Waals surface area contributed by atoms with Crippen molar-refractivity contribution in [1.82, 2.24) is 14.8 Å². The zero-order valence-electron chi connectivity index (χ0n) is 10.3. The van der Waals surface area contributed by atoms with Crippen LogP contribution in [0.5, 0.6) is 0 Å². The van der Waals surface area contributed by atoms with Crippen molar-refractivity contribution in [3.05, 3.63) is 35.7 Å². The van der Waals surface area contributed by atoms with Gasteiger partial charge in [-0.1, -0.05) is 31.2 Å². The van der Waals surface area contributed by atoms with Crippen LogP contribution in [0.2, 0.25) is 0 Å². The van der Waals surface area contributed by atoms with E-state index >= 15 is 0 Å². The highest BCUT2D eigenvalue weighted by atomic mass is 15.3. The molecule has 1 aromatic heterocycles. The molecule has 0 aliphatic carbocycles. The Bertz CT molecular complexity index is 542. The first kappa shape index (κ1) is 10.5. The minimum atomic E-state index is 0.723. The van der Waals surface area contributed by atoms with Gasteiger partial charge in [0, 0.05) is 18.5 Å². The average molecular weight is 227 g/mol. The van der Waals surface area contributed by atoms with Crippen LogP contribution < -0.4 is 0 Å². The van der Waals surface area contributed by atoms with Gasteiger partial charge in [0.1, 0.15) is 5.82 Å². The van der Waals surface area contributed by atoms with Crippen LogP contribution in [0, 0.1) is 12.8 Å². The minimum Gasteiger partial charge on any atom is -0.311 e. The van der Waals surface area contributed by atoms with Gasteiger partial charge in [-0.2, -0.15) is 0 Å². The molecule has 88 valence electrons. The van der Waals surface area contributed by atoms with E-state index in [4.69, 9.17) is 0 Å². The summed E-state index contributed by atoms with van der Waals surface area (Å²) in [5, 5.41) is 8.70. The number of nitrogens with zero attached hydrogens (tertiary/aromatic N) is 3. The van der Waals surface area contributed by atoms with E-state index in [1.807, 2.05) is 0 Å². The third-order valence-electron chi connectivity index (χ3n) is 3.57. The molecule has 1 unspecified atom stereocenters. The van der Waals surface area contributed by atoms with E-state index in [9.17, 15) is 0 Å². The van der Waals surface area contributed by atoms with Gasteiger partial charge in [0.05, 0.1) is 0 Å². The van der Waals surface area contributed by atoms with Gasteiger partial charge in [0.15, 0.2) is 5.82 Å². The molecule has 3 nitrogen and oxygen atoms in total. The van der Waals surface area contributed by atoms with Crippen LogP contribution in [-0.2, 0) is 13.0 Å². The second-order valence-electron chi connectivity index (χ2n) is 5.01. The predicted molar refractivity (Wildman–Crippen MR) is 67.7 cm³/mol. The molecule has 0 radical (unpaired) electrons. The van der Waals surface area contributed by atoms with Crippen molar-refractivity contribution in [2.45, 2.75) is 33.2 Å². The van der Waals surface area contributed by atoms with Gasteiger partial charge >= 0.3 is 0 Å². The minimum absolute atomic E-state index is 0.723. The molecule has 0 saturated carbocycles. The number of benzene rings is 1. The van der Waals surface area contributed by atoms with Crippen molar-refractivity contribution in [3.63, 3.8) is 0 Å². The highest BCUT2D eigenvalue weighted by molar-refractivity contribution is 5.60. The van der Waals surface area contributed by atoms with Crippen molar-refractivity contribution in [2.75, 3.05) is 0 Å². The Hall–Kier alpha value is -1.64. The first-order valence-electron chi connectivity index (χ1n) is 6.24. The Morgan fingerprint density at radius 1 is 1.24 bits per heavy atom. The molecule has 3 heteroatoms. The van der Waals surface area contributed by atoms with E-state index in [0.29, 0.717) is 0 Å². The van der Waals surface area contributed by atoms with Crippen LogP contribution in [0.3, 0.4) is 0 Å². The van der Waals surface area contributed by atoms with Crippen molar-refractivity contribution in [2.24, 2.45) is 5.92 Å². The van der Waals surface area contributed by atoms with Crippen molar-refractivity contribution < 1.29 is 0 Å². The van der Waals surface area contributed by atoms with Crippen LogP contribution >= 0.6 is 0 Å². The smallest absolute Gasteiger partial charge is 0.164 e. The summed E-state index contributed by atoms with van der Waals surface area (Å²) >= 11 is 0. The van der Waals surface area contributed by atoms with Gasteiger partial charge < -0.3 is 4.57 Å². The molecule has 1 aromatic carbocycles. The SMILES string of the molecule is Cc1ccccc1-c1nnc2n1CC(C)CC2. The first-order chi connectivity index (χ1) is 8.25. The van der Waals surface area contributed by atoms with Gasteiger partial charge in [-0.05, 0) is 24.8 Å². The van der Waals surface area contributed by atoms with Gasteiger partial charge in [0.2, 0.25) is 0 Å². The summed E-state index contributed by atoms with van der Waals surface area (Å²) in [5.41, 5.74) is 2.47. The van der Waals surface area contributed by atoms with Crippen molar-refractivity contribution in [1.29, 1.82) is 0 Å². The molecule has 0 amide bonds. The Morgan fingerprint density at radius 2 is 2.06 bits per heavy atom. The summed E-state index contributed by atoms with van der Waals surface area (Å²) in [7, 11) is 0. The van der Waals surface area contributed by atoms with Gasteiger partial charge in [-0.25, -0.2) is 0 Å². The molecule has 0 saturated heterocycles. The number of fused-ring (bicyclic) bond motifs is 1. The average Bonchev–Trinajstić information content (AvgIpc) is 2.72. The molecule has 17 heavy (non-hydrogen) atoms. The Kier molecular flexibility index (Phi) is 2.46. The maximum absolute atomic E-state index is 4.38. The molecule has 2 heterocycles. The molecular weight excluding hydrogens is 210 g/mol. The monoisotopic (exact) mass is 227 g/mol. The standard InChI is InChI=1S/C14H17N3/c1-10-7-8-13-15-16-14(17(13)9-10)12-6-4-3-5-11(12)2/h3-6,10H,7-9H2,1-2H3. The maximum atomic E-state index is 4.38. The molecule has 0 N–H and O–H groups in total. The lowest BCUT2D eigenvalue weighted by Crippen LogP contribution is -2.18. The molecule has 1 atom stereocenters. The van der Waals surface area contributed by atoms with Crippen LogP contribution in [-0.4, -0.2) is 14.8 Å². The zero-order chi connectivity index (χ0) is 11.8. The Balaban J connectivity index is 2.11. The lowest BCUT2D eigenvalue weighted by atomic mass is 10.0. The van der Waals surface area contributed by atoms with E-state index in [1.165, 1.54) is 17.5 Å². The molecule has 1 aliphatic heterocycles. The molecule has 2 aromatic rings. The fraction of sp³-hybridized carbons (Fsp3) is 0.429. The van der Waals surface area contributed by atoms with Gasteiger partial charge in [-0.15, -0.1) is 10.2 Å². The van der Waals surface area contributed by atoms with Gasteiger partial charge in [0.25, 0.3) is 0 Å². The number of hydrogen-bond acceptors (Lipinski definition) is 2. The van der Waals surface area contributed by atoms with Crippen LogP contribution in [0.25, 0.3) is 11.4 Å². The molecular formula is C14H17N3. The Labute approximate surface area is 101 Å². The summed E-state index contributed by atoms with van der Waals surface area (Å²) < 4.78 is 2.29. The lowest BCUT2D eigenvalue weighted by Gasteiger charge is -2.21. The number of rotatable bonds is 1. The summed E-state index contributed by atoms with van der Waals surface area (Å²) in [6, 6.07) is 8.39. The highest BCUT2D eigenvalue weighted by Crippen LogP contribution is 2.27. The fourth-order valence-corrected chi connectivity index (χ4v) is 2.51. The number of hydrogen-bond donors (Lipinski definition) is 0. The van der Waals surface area contributed by atoms with Crippen LogP contribution in [0.1, 0.15) is 24.7 Å². The van der Waals surface area contributed by atoms with E-state index in [0.717, 1.165) is 30.5 Å². The predicted octanol–water partition coefficient (Wildman–Crippen LogP) is 2.84. The Morgan fingerprint density at radius 3 is 2.88 bits per heavy atom. The number of aryl methyl sites for hydroxylation is 2. The van der Waals surface area contributed by atoms with Crippen LogP contribution in [0.15, 0.2) is 24.3 Å². The normalized spacial score (nSPS) is 19.1. The molecule has 1 aliphatic rings. The largest absolute Gasteiger partial charge is 0.311 e. The van der Waals surface area contributed by atoms with E-state index in [2.05, 4.69) is 52.9 Å². The first-order valence-corrected chi connectivity index (χ1v) is 6.24. The third kappa shape index (κ3) is 1.75. The summed E-state index contributed by atoms with van der Waals surface area (Å²) in [4.78, 5) is 0.